The summed E-state index contributed by atoms with van der Waals surface area (Å²) in [7, 11) is 0. The average molecular weight is 170 g/mol. The molecule has 0 amide bonds. The molecule has 0 saturated carbocycles. The van der Waals surface area contributed by atoms with Gasteiger partial charge in [0, 0.05) is 15.8 Å². The van der Waals surface area contributed by atoms with Gasteiger partial charge in [0.2, 0.25) is 0 Å². The second-order valence-electron chi connectivity index (χ2n) is 2.40. The van der Waals surface area contributed by atoms with E-state index >= 15 is 0 Å². The van der Waals surface area contributed by atoms with Gasteiger partial charge in [-0.25, -0.2) is 0 Å². The Morgan fingerprint density at radius 3 is 3.00 bits per heavy atom. The van der Waals surface area contributed by atoms with Crippen LogP contribution >= 0.6 is 0 Å². The number of nitrogens with one attached hydrogen (secondary N) is 1. The van der Waals surface area contributed by atoms with Crippen molar-refractivity contribution in [3.8, 4) is 0 Å². The number of benzene rings is 1. The van der Waals surface area contributed by atoms with Crippen LogP contribution in [0.3, 0.4) is 0 Å². The summed E-state index contributed by atoms with van der Waals surface area (Å²) in [6.45, 7) is -1.84. The van der Waals surface area contributed by atoms with Gasteiger partial charge in [0.25, 0.3) is 0 Å². The Labute approximate surface area is 82.4 Å². The molecule has 1 aliphatic rings. The van der Waals surface area contributed by atoms with Crippen molar-refractivity contribution in [3.05, 3.63) is 35.8 Å². The molecule has 2 rings (SSSR count). The maximum absolute atomic E-state index is 7.80. The molecule has 1 heterocycles. The molecule has 1 N–H and O–H groups in total. The highest BCUT2D eigenvalue weighted by atomic mass is 16.5. The SMILES string of the molecule is [2H]c1c([2H])c([2H])c(C2CNC([2H])([2H])CO2)c([2H])c1[2H]. The maximum atomic E-state index is 7.80. The largest absolute Gasteiger partial charge is 0.371 e. The van der Waals surface area contributed by atoms with Gasteiger partial charge in [0.1, 0.15) is 0 Å². The molecule has 2 heteroatoms. The molecule has 0 aliphatic carbocycles. The highest BCUT2D eigenvalue weighted by Gasteiger charge is 2.14. The lowest BCUT2D eigenvalue weighted by atomic mass is 10.1. The van der Waals surface area contributed by atoms with Crippen LogP contribution < -0.4 is 5.32 Å². The number of morpholine rings is 1. The van der Waals surface area contributed by atoms with Crippen molar-refractivity contribution in [2.45, 2.75) is 6.10 Å². The van der Waals surface area contributed by atoms with E-state index < -0.39 is 30.7 Å². The van der Waals surface area contributed by atoms with E-state index in [2.05, 4.69) is 5.32 Å². The molecule has 0 radical (unpaired) electrons. The van der Waals surface area contributed by atoms with Crippen LogP contribution in [0.2, 0.25) is 0 Å². The fourth-order valence-corrected chi connectivity index (χ4v) is 1.02. The standard InChI is InChI=1S/C10H13NO/c1-2-4-9(5-3-1)10-8-11-6-7-12-10/h1-5,10-11H,6-8H2/i1D,2D,3D,4D,5D,6D2. The third kappa shape index (κ3) is 1.65. The predicted octanol–water partition coefficient (Wildman–Crippen LogP) is 1.35. The van der Waals surface area contributed by atoms with Crippen LogP contribution in [-0.4, -0.2) is 19.6 Å². The Morgan fingerprint density at radius 1 is 1.50 bits per heavy atom. The highest BCUT2D eigenvalue weighted by Crippen LogP contribution is 2.17. The van der Waals surface area contributed by atoms with Crippen molar-refractivity contribution in [1.82, 2.24) is 5.32 Å². The number of hydrogen-bond acceptors (Lipinski definition) is 2. The summed E-state index contributed by atoms with van der Waals surface area (Å²) in [6, 6.07) is -1.88. The van der Waals surface area contributed by atoms with Gasteiger partial charge in [-0.05, 0) is 5.56 Å². The Morgan fingerprint density at radius 2 is 2.33 bits per heavy atom. The molecule has 1 atom stereocenters. The predicted molar refractivity (Wildman–Crippen MR) is 48.0 cm³/mol. The van der Waals surface area contributed by atoms with Crippen LogP contribution in [0.5, 0.6) is 0 Å². The lowest BCUT2D eigenvalue weighted by Crippen LogP contribution is -2.33. The minimum absolute atomic E-state index is 0.0565. The molecule has 0 spiro atoms. The van der Waals surface area contributed by atoms with Crippen molar-refractivity contribution < 1.29 is 14.3 Å². The zero-order valence-corrected chi connectivity index (χ0v) is 6.40. The third-order valence-corrected chi connectivity index (χ3v) is 1.61. The summed E-state index contributed by atoms with van der Waals surface area (Å²) >= 11 is 0. The molecule has 1 fully saturated rings. The molecule has 0 aromatic heterocycles. The number of rotatable bonds is 1. The summed E-state index contributed by atoms with van der Waals surface area (Å²) < 4.78 is 58.4. The van der Waals surface area contributed by atoms with Crippen LogP contribution in [0.4, 0.5) is 0 Å². The molecule has 64 valence electrons. The van der Waals surface area contributed by atoms with Crippen LogP contribution in [-0.2, 0) is 4.74 Å². The molecule has 0 bridgehead atoms. The van der Waals surface area contributed by atoms with Gasteiger partial charge in [-0.15, -0.1) is 0 Å². The van der Waals surface area contributed by atoms with Crippen molar-refractivity contribution in [2.75, 3.05) is 19.6 Å². The molecule has 1 aromatic rings. The zero-order valence-electron chi connectivity index (χ0n) is 13.4. The van der Waals surface area contributed by atoms with Crippen molar-refractivity contribution in [1.29, 1.82) is 0 Å². The first-order valence-electron chi connectivity index (χ1n) is 7.18. The smallest absolute Gasteiger partial charge is 0.0949 e. The molecule has 2 nitrogen and oxygen atoms in total. The van der Waals surface area contributed by atoms with E-state index in [0.717, 1.165) is 0 Å². The number of hydrogen-bond donors (Lipinski definition) is 1. The summed E-state index contributed by atoms with van der Waals surface area (Å²) in [6.07, 6.45) is -0.752. The van der Waals surface area contributed by atoms with E-state index in [1.165, 1.54) is 0 Å². The normalized spacial score (nSPS) is 36.3. The fraction of sp³-hybridized carbons (Fsp3) is 0.400. The van der Waals surface area contributed by atoms with Gasteiger partial charge in [0.05, 0.1) is 19.6 Å². The van der Waals surface area contributed by atoms with E-state index in [4.69, 9.17) is 14.3 Å². The lowest BCUT2D eigenvalue weighted by molar-refractivity contribution is 0.0277. The summed E-state index contributed by atoms with van der Waals surface area (Å²) in [4.78, 5) is 0. The molecule has 1 unspecified atom stereocenters. The van der Waals surface area contributed by atoms with E-state index in [0.29, 0.717) is 0 Å². The van der Waals surface area contributed by atoms with Crippen molar-refractivity contribution >= 4 is 0 Å². The van der Waals surface area contributed by atoms with Crippen LogP contribution in [0.1, 0.15) is 21.3 Å². The molecule has 1 aromatic carbocycles. The van der Waals surface area contributed by atoms with Crippen molar-refractivity contribution in [3.63, 3.8) is 0 Å². The first-order chi connectivity index (χ1) is 8.74. The lowest BCUT2D eigenvalue weighted by Gasteiger charge is -2.23. The fourth-order valence-electron chi connectivity index (χ4n) is 1.02. The molecular weight excluding hydrogens is 150 g/mol. The molecular formula is C10H13NO. The Bertz CT molecular complexity index is 480. The average Bonchev–Trinajstić information content (AvgIpc) is 2.36. The summed E-state index contributed by atoms with van der Waals surface area (Å²) in [5, 5.41) is 2.59. The second kappa shape index (κ2) is 3.70. The third-order valence-electron chi connectivity index (χ3n) is 1.61. The Hall–Kier alpha value is -0.860. The van der Waals surface area contributed by atoms with Gasteiger partial charge in [-0.1, -0.05) is 30.2 Å². The van der Waals surface area contributed by atoms with Gasteiger partial charge in [-0.3, -0.25) is 0 Å². The van der Waals surface area contributed by atoms with Crippen LogP contribution in [0.25, 0.3) is 0 Å². The minimum atomic E-state index is -1.66. The topological polar surface area (TPSA) is 21.3 Å². The van der Waals surface area contributed by atoms with E-state index in [1.807, 2.05) is 0 Å². The maximum Gasteiger partial charge on any atom is 0.0949 e. The van der Waals surface area contributed by atoms with Gasteiger partial charge in [-0.2, -0.15) is 0 Å². The quantitative estimate of drug-likeness (QED) is 0.687. The van der Waals surface area contributed by atoms with E-state index in [1.54, 1.807) is 0 Å². The van der Waals surface area contributed by atoms with E-state index in [9.17, 15) is 0 Å². The Kier molecular flexibility index (Phi) is 0.963. The van der Waals surface area contributed by atoms with Gasteiger partial charge >= 0.3 is 0 Å². The molecule has 1 aliphatic heterocycles. The summed E-state index contributed by atoms with van der Waals surface area (Å²) in [5.74, 6) is 0. The second-order valence-corrected chi connectivity index (χ2v) is 2.40. The minimum Gasteiger partial charge on any atom is -0.371 e. The summed E-state index contributed by atoms with van der Waals surface area (Å²) in [5.41, 5.74) is 0.0639. The highest BCUT2D eigenvalue weighted by molar-refractivity contribution is 5.18. The first-order valence-corrected chi connectivity index (χ1v) is 3.68. The van der Waals surface area contributed by atoms with Crippen LogP contribution in [0.15, 0.2) is 30.2 Å². The van der Waals surface area contributed by atoms with Gasteiger partial charge < -0.3 is 10.1 Å². The first kappa shape index (κ1) is 3.13. The zero-order chi connectivity index (χ0) is 14.4. The van der Waals surface area contributed by atoms with E-state index in [-0.39, 0.29) is 30.8 Å². The molecule has 12 heavy (non-hydrogen) atoms. The van der Waals surface area contributed by atoms with Gasteiger partial charge in [0.15, 0.2) is 0 Å². The Balaban J connectivity index is 2.41. The number of ether oxygens (including phenoxy) is 1. The monoisotopic (exact) mass is 170 g/mol. The van der Waals surface area contributed by atoms with Crippen molar-refractivity contribution in [2.24, 2.45) is 0 Å². The molecule has 1 saturated heterocycles. The van der Waals surface area contributed by atoms with Crippen LogP contribution in [0, 0.1) is 0 Å².